The lowest BCUT2D eigenvalue weighted by Crippen LogP contribution is -2.27. The summed E-state index contributed by atoms with van der Waals surface area (Å²) in [7, 11) is -4.60. The van der Waals surface area contributed by atoms with Crippen LogP contribution >= 0.6 is 0 Å². The smallest absolute Gasteiger partial charge is 0.573 e. The molecule has 0 fully saturated rings. The first-order chi connectivity index (χ1) is 16.6. The quantitative estimate of drug-likeness (QED) is 0.273. The minimum atomic E-state index is -5.05. The molecule has 194 valence electrons. The molecule has 0 amide bonds. The molecule has 2 aromatic carbocycles. The lowest BCUT2D eigenvalue weighted by Gasteiger charge is -2.23. The van der Waals surface area contributed by atoms with Gasteiger partial charge in [0.1, 0.15) is 6.61 Å². The van der Waals surface area contributed by atoms with Crippen LogP contribution in [0.25, 0.3) is 0 Å². The fourth-order valence-corrected chi connectivity index (χ4v) is 2.76. The molecular weight excluding hydrogens is 509 g/mol. The number of carbonyl (C=O) groups is 2. The third-order valence-electron chi connectivity index (χ3n) is 3.97. The molecule has 0 bridgehead atoms. The average molecular weight is 529 g/mol. The summed E-state index contributed by atoms with van der Waals surface area (Å²) in [4.78, 5) is 23.8. The molecule has 0 radical (unpaired) electrons. The zero-order valence-electron chi connectivity index (χ0n) is 19.0. The molecule has 0 aromatic heterocycles. The van der Waals surface area contributed by atoms with E-state index in [0.29, 0.717) is 5.56 Å². The van der Waals surface area contributed by atoms with Crippen molar-refractivity contribution in [1.29, 1.82) is 0 Å². The summed E-state index contributed by atoms with van der Waals surface area (Å²) in [5, 5.41) is 0. The number of halogens is 3. The highest BCUT2D eigenvalue weighted by Crippen LogP contribution is 2.35. The zero-order valence-corrected chi connectivity index (χ0v) is 19.8. The predicted molar refractivity (Wildman–Crippen MR) is 117 cm³/mol. The van der Waals surface area contributed by atoms with Gasteiger partial charge < -0.3 is 23.5 Å². The number of ether oxygens (including phenoxy) is 4. The second-order valence-corrected chi connectivity index (χ2v) is 9.02. The Kier molecular flexibility index (Phi) is 9.32. The number of benzene rings is 2. The normalized spacial score (nSPS) is 11.6. The van der Waals surface area contributed by atoms with Crippen molar-refractivity contribution >= 4 is 22.1 Å². The summed E-state index contributed by atoms with van der Waals surface area (Å²) in [5.74, 6) is 1.17. The molecule has 0 N–H and O–H groups in total. The van der Waals surface area contributed by atoms with Gasteiger partial charge in [0, 0.05) is 5.56 Å². The first-order valence-electron chi connectivity index (χ1n) is 10.1. The Morgan fingerprint density at radius 2 is 1.64 bits per heavy atom. The summed E-state index contributed by atoms with van der Waals surface area (Å²) < 4.78 is 88.8. The molecule has 9 nitrogen and oxygen atoms in total. The second-order valence-electron chi connectivity index (χ2n) is 7.50. The van der Waals surface area contributed by atoms with E-state index in [-0.39, 0.29) is 5.56 Å². The monoisotopic (exact) mass is 529 g/mol. The van der Waals surface area contributed by atoms with Gasteiger partial charge in [0.2, 0.25) is 0 Å². The summed E-state index contributed by atoms with van der Waals surface area (Å²) in [6, 6.07) is 11.4. The molecular formula is C23H20F3O9S-. The minimum Gasteiger partial charge on any atom is -0.748 e. The predicted octanol–water partition coefficient (Wildman–Crippen LogP) is 3.04. The molecule has 0 aliphatic rings. The van der Waals surface area contributed by atoms with Crippen molar-refractivity contribution in [1.82, 2.24) is 0 Å². The second kappa shape index (κ2) is 11.8. The standard InChI is InChI=1S/C23H21F3O9S/c1-22(2,11-10-16-6-4-3-5-7-16)34-19-14-17(8-9-18(19)35-23(24,25)26)21(28)33-15-20(27)32-12-13-36(29,30)31/h3-9,14H,12-13,15H2,1-2H3,(H,29,30,31)/p-1. The zero-order chi connectivity index (χ0) is 27.0. The molecule has 0 aliphatic carbocycles. The minimum absolute atomic E-state index is 0.290. The van der Waals surface area contributed by atoms with Crippen LogP contribution < -0.4 is 9.47 Å². The maximum Gasteiger partial charge on any atom is 0.573 e. The molecule has 2 rings (SSSR count). The van der Waals surface area contributed by atoms with Crippen molar-refractivity contribution < 1.29 is 54.7 Å². The van der Waals surface area contributed by atoms with Crippen molar-refractivity contribution in [2.45, 2.75) is 25.8 Å². The van der Waals surface area contributed by atoms with E-state index < -0.39 is 64.5 Å². The molecule has 2 aromatic rings. The van der Waals surface area contributed by atoms with Crippen molar-refractivity contribution in [3.63, 3.8) is 0 Å². The Labute approximate surface area is 204 Å². The van der Waals surface area contributed by atoms with E-state index in [9.17, 15) is 35.7 Å². The summed E-state index contributed by atoms with van der Waals surface area (Å²) in [6.45, 7) is 1.30. The van der Waals surface area contributed by atoms with Gasteiger partial charge in [-0.25, -0.2) is 18.0 Å². The largest absolute Gasteiger partial charge is 0.748 e. The highest BCUT2D eigenvalue weighted by atomic mass is 32.2. The third-order valence-corrected chi connectivity index (χ3v) is 4.64. The van der Waals surface area contributed by atoms with E-state index in [1.54, 1.807) is 30.3 Å². The Hall–Kier alpha value is -3.76. The SMILES string of the molecule is CC(C)(C#Cc1ccccc1)Oc1cc(C(=O)OCC(=O)OCCS(=O)(=O)[O-])ccc1OC(F)(F)F. The Morgan fingerprint density at radius 3 is 2.25 bits per heavy atom. The van der Waals surface area contributed by atoms with Crippen LogP contribution in [0.5, 0.6) is 11.5 Å². The van der Waals surface area contributed by atoms with E-state index >= 15 is 0 Å². The molecule has 0 saturated carbocycles. The Morgan fingerprint density at radius 1 is 0.972 bits per heavy atom. The number of alkyl halides is 3. The van der Waals surface area contributed by atoms with Crippen LogP contribution in [-0.2, 0) is 24.4 Å². The Balaban J connectivity index is 2.17. The highest BCUT2D eigenvalue weighted by Gasteiger charge is 2.33. The van der Waals surface area contributed by atoms with Crippen LogP contribution in [0.3, 0.4) is 0 Å². The van der Waals surface area contributed by atoms with Crippen LogP contribution in [0, 0.1) is 11.8 Å². The lowest BCUT2D eigenvalue weighted by atomic mass is 10.1. The molecule has 0 unspecified atom stereocenters. The third kappa shape index (κ3) is 10.7. The first-order valence-corrected chi connectivity index (χ1v) is 11.6. The van der Waals surface area contributed by atoms with Gasteiger partial charge in [-0.05, 0) is 44.2 Å². The highest BCUT2D eigenvalue weighted by molar-refractivity contribution is 7.85. The van der Waals surface area contributed by atoms with Crippen molar-refractivity contribution in [3.05, 3.63) is 59.7 Å². The number of hydrogen-bond acceptors (Lipinski definition) is 9. The molecule has 36 heavy (non-hydrogen) atoms. The van der Waals surface area contributed by atoms with Gasteiger partial charge in [-0.1, -0.05) is 30.0 Å². The van der Waals surface area contributed by atoms with E-state index in [0.717, 1.165) is 18.2 Å². The number of carbonyl (C=O) groups excluding carboxylic acids is 2. The number of hydrogen-bond donors (Lipinski definition) is 0. The average Bonchev–Trinajstić information content (AvgIpc) is 2.76. The van der Waals surface area contributed by atoms with Crippen LogP contribution in [-0.4, -0.2) is 55.8 Å². The first kappa shape index (κ1) is 28.5. The van der Waals surface area contributed by atoms with Crippen LogP contribution in [0.2, 0.25) is 0 Å². The maximum atomic E-state index is 12.9. The van der Waals surface area contributed by atoms with E-state index in [4.69, 9.17) is 9.47 Å². The van der Waals surface area contributed by atoms with Crippen LogP contribution in [0.1, 0.15) is 29.8 Å². The molecule has 0 spiro atoms. The van der Waals surface area contributed by atoms with Gasteiger partial charge in [-0.15, -0.1) is 13.2 Å². The van der Waals surface area contributed by atoms with Crippen molar-refractivity contribution in [2.24, 2.45) is 0 Å². The topological polar surface area (TPSA) is 128 Å². The van der Waals surface area contributed by atoms with Gasteiger partial charge in [-0.3, -0.25) is 0 Å². The summed E-state index contributed by atoms with van der Waals surface area (Å²) in [5.41, 5.74) is -0.979. The summed E-state index contributed by atoms with van der Waals surface area (Å²) >= 11 is 0. The van der Waals surface area contributed by atoms with Gasteiger partial charge in [0.25, 0.3) is 0 Å². The van der Waals surface area contributed by atoms with Gasteiger partial charge in [0.05, 0.1) is 21.4 Å². The van der Waals surface area contributed by atoms with Crippen molar-refractivity contribution in [3.8, 4) is 23.3 Å². The number of esters is 2. The lowest BCUT2D eigenvalue weighted by molar-refractivity contribution is -0.275. The van der Waals surface area contributed by atoms with Crippen LogP contribution in [0.4, 0.5) is 13.2 Å². The molecule has 0 heterocycles. The Bertz CT molecular complexity index is 1250. The van der Waals surface area contributed by atoms with E-state index in [1.807, 2.05) is 0 Å². The maximum absolute atomic E-state index is 12.9. The molecule has 0 aliphatic heterocycles. The molecule has 13 heteroatoms. The van der Waals surface area contributed by atoms with Crippen LogP contribution in [0.15, 0.2) is 48.5 Å². The van der Waals surface area contributed by atoms with Gasteiger partial charge in [0.15, 0.2) is 23.7 Å². The molecule has 0 atom stereocenters. The molecule has 0 saturated heterocycles. The van der Waals surface area contributed by atoms with E-state index in [1.165, 1.54) is 13.8 Å². The van der Waals surface area contributed by atoms with E-state index in [2.05, 4.69) is 21.3 Å². The van der Waals surface area contributed by atoms with Crippen molar-refractivity contribution in [2.75, 3.05) is 19.0 Å². The summed E-state index contributed by atoms with van der Waals surface area (Å²) in [6.07, 6.45) is -5.05. The fraction of sp³-hybridized carbons (Fsp3) is 0.304. The van der Waals surface area contributed by atoms with Gasteiger partial charge >= 0.3 is 18.3 Å². The fourth-order valence-electron chi connectivity index (χ4n) is 2.48. The number of rotatable bonds is 9. The van der Waals surface area contributed by atoms with Gasteiger partial charge in [-0.2, -0.15) is 0 Å².